The standard InChI is InChI=1S/C12H15N5O3/c1-8-11(15-20-14-8)12(19)16-3-2-4-17-10(6-16)5-9(7-18)13-17/h5,18H,2-4,6-7H2,1H3. The molecule has 0 bridgehead atoms. The van der Waals surface area contributed by atoms with Gasteiger partial charge in [0.15, 0.2) is 5.69 Å². The lowest BCUT2D eigenvalue weighted by Crippen LogP contribution is -2.31. The number of fused-ring (bicyclic) bond motifs is 1. The summed E-state index contributed by atoms with van der Waals surface area (Å²) >= 11 is 0. The predicted molar refractivity (Wildman–Crippen MR) is 66.5 cm³/mol. The average molecular weight is 277 g/mol. The molecule has 0 saturated carbocycles. The van der Waals surface area contributed by atoms with E-state index in [1.165, 1.54) is 0 Å². The van der Waals surface area contributed by atoms with Crippen molar-refractivity contribution in [2.45, 2.75) is 33.0 Å². The predicted octanol–water partition coefficient (Wildman–Crippen LogP) is 0.113. The molecule has 0 saturated heterocycles. The second-order valence-electron chi connectivity index (χ2n) is 4.79. The summed E-state index contributed by atoms with van der Waals surface area (Å²) in [7, 11) is 0. The zero-order valence-electron chi connectivity index (χ0n) is 11.1. The molecule has 0 atom stereocenters. The van der Waals surface area contributed by atoms with E-state index in [-0.39, 0.29) is 18.2 Å². The van der Waals surface area contributed by atoms with Crippen molar-refractivity contribution in [3.8, 4) is 0 Å². The SMILES string of the molecule is Cc1nonc1C(=O)N1CCCn2nc(CO)cc2C1. The van der Waals surface area contributed by atoms with Gasteiger partial charge in [0.05, 0.1) is 24.5 Å². The number of rotatable bonds is 2. The van der Waals surface area contributed by atoms with Crippen molar-refractivity contribution in [3.05, 3.63) is 28.8 Å². The molecule has 0 radical (unpaired) electrons. The van der Waals surface area contributed by atoms with Gasteiger partial charge in [-0.25, -0.2) is 4.63 Å². The quantitative estimate of drug-likeness (QED) is 0.837. The summed E-state index contributed by atoms with van der Waals surface area (Å²) in [4.78, 5) is 14.1. The van der Waals surface area contributed by atoms with Crippen LogP contribution in [0.4, 0.5) is 0 Å². The molecule has 0 spiro atoms. The van der Waals surface area contributed by atoms with Gasteiger partial charge in [-0.05, 0) is 24.6 Å². The van der Waals surface area contributed by atoms with Crippen molar-refractivity contribution < 1.29 is 14.5 Å². The van der Waals surface area contributed by atoms with Crippen LogP contribution < -0.4 is 0 Å². The Morgan fingerprint density at radius 2 is 2.30 bits per heavy atom. The van der Waals surface area contributed by atoms with E-state index in [0.717, 1.165) is 18.7 Å². The zero-order chi connectivity index (χ0) is 14.1. The molecule has 106 valence electrons. The van der Waals surface area contributed by atoms with E-state index in [2.05, 4.69) is 20.0 Å². The Labute approximate surface area is 114 Å². The second kappa shape index (κ2) is 5.04. The molecule has 8 nitrogen and oxygen atoms in total. The van der Waals surface area contributed by atoms with Gasteiger partial charge < -0.3 is 10.0 Å². The summed E-state index contributed by atoms with van der Waals surface area (Å²) in [6.07, 6.45) is 0.801. The number of aromatic nitrogens is 4. The molecule has 3 rings (SSSR count). The Morgan fingerprint density at radius 3 is 3.00 bits per heavy atom. The molecule has 1 aliphatic rings. The molecule has 8 heteroatoms. The van der Waals surface area contributed by atoms with Crippen LogP contribution in [-0.4, -0.2) is 42.6 Å². The Bertz CT molecular complexity index is 633. The average Bonchev–Trinajstić information content (AvgIpc) is 2.99. The summed E-state index contributed by atoms with van der Waals surface area (Å²) in [5.41, 5.74) is 2.27. The van der Waals surface area contributed by atoms with Gasteiger partial charge >= 0.3 is 0 Å². The van der Waals surface area contributed by atoms with E-state index in [9.17, 15) is 4.79 Å². The molecule has 20 heavy (non-hydrogen) atoms. The first-order valence-electron chi connectivity index (χ1n) is 6.44. The summed E-state index contributed by atoms with van der Waals surface area (Å²) in [6, 6.07) is 1.82. The third-order valence-electron chi connectivity index (χ3n) is 3.37. The normalized spacial score (nSPS) is 15.0. The van der Waals surface area contributed by atoms with Crippen LogP contribution in [0.15, 0.2) is 10.7 Å². The first-order valence-corrected chi connectivity index (χ1v) is 6.44. The van der Waals surface area contributed by atoms with Gasteiger partial charge in [-0.2, -0.15) is 5.10 Å². The van der Waals surface area contributed by atoms with Crippen molar-refractivity contribution in [3.63, 3.8) is 0 Å². The van der Waals surface area contributed by atoms with Gasteiger partial charge in [0.1, 0.15) is 5.69 Å². The van der Waals surface area contributed by atoms with E-state index in [1.807, 2.05) is 10.7 Å². The highest BCUT2D eigenvalue weighted by Gasteiger charge is 2.25. The number of aliphatic hydroxyl groups is 1. The van der Waals surface area contributed by atoms with Crippen LogP contribution in [0, 0.1) is 6.92 Å². The van der Waals surface area contributed by atoms with Crippen LogP contribution in [0.1, 0.15) is 34.0 Å². The second-order valence-corrected chi connectivity index (χ2v) is 4.79. The molecule has 0 fully saturated rings. The number of hydrogen-bond acceptors (Lipinski definition) is 6. The summed E-state index contributed by atoms with van der Waals surface area (Å²) in [6.45, 7) is 3.40. The fourth-order valence-corrected chi connectivity index (χ4v) is 2.35. The van der Waals surface area contributed by atoms with Crippen LogP contribution in [0.2, 0.25) is 0 Å². The fourth-order valence-electron chi connectivity index (χ4n) is 2.35. The van der Waals surface area contributed by atoms with Crippen molar-refractivity contribution in [2.24, 2.45) is 0 Å². The van der Waals surface area contributed by atoms with Gasteiger partial charge in [-0.1, -0.05) is 5.16 Å². The maximum Gasteiger partial charge on any atom is 0.278 e. The van der Waals surface area contributed by atoms with Gasteiger partial charge in [-0.3, -0.25) is 9.48 Å². The molecule has 0 aliphatic carbocycles. The molecule has 2 aromatic rings. The number of carbonyl (C=O) groups is 1. The molecule has 3 heterocycles. The lowest BCUT2D eigenvalue weighted by molar-refractivity contribution is 0.0734. The van der Waals surface area contributed by atoms with E-state index in [1.54, 1.807) is 11.8 Å². The number of aryl methyl sites for hydroxylation is 2. The molecule has 1 N–H and O–H groups in total. The van der Waals surface area contributed by atoms with E-state index < -0.39 is 0 Å². The number of amides is 1. The Hall–Kier alpha value is -2.22. The van der Waals surface area contributed by atoms with Crippen molar-refractivity contribution in [1.29, 1.82) is 0 Å². The topological polar surface area (TPSA) is 97.3 Å². The Balaban J connectivity index is 1.85. The maximum absolute atomic E-state index is 12.4. The summed E-state index contributed by atoms with van der Waals surface area (Å²) in [5, 5.41) is 20.7. The molecule has 1 aliphatic heterocycles. The van der Waals surface area contributed by atoms with Gasteiger partial charge in [0.25, 0.3) is 5.91 Å². The van der Waals surface area contributed by atoms with E-state index in [4.69, 9.17) is 5.11 Å². The smallest absolute Gasteiger partial charge is 0.278 e. The van der Waals surface area contributed by atoms with E-state index >= 15 is 0 Å². The fraction of sp³-hybridized carbons (Fsp3) is 0.500. The number of hydrogen-bond donors (Lipinski definition) is 1. The van der Waals surface area contributed by atoms with Gasteiger partial charge in [-0.15, -0.1) is 0 Å². The lowest BCUT2D eigenvalue weighted by Gasteiger charge is -2.18. The first kappa shape index (κ1) is 12.8. The number of nitrogens with zero attached hydrogens (tertiary/aromatic N) is 5. The molecule has 1 amide bonds. The van der Waals surface area contributed by atoms with Gasteiger partial charge in [0.2, 0.25) is 0 Å². The highest BCUT2D eigenvalue weighted by Crippen LogP contribution is 2.16. The van der Waals surface area contributed by atoms with Crippen LogP contribution in [0.5, 0.6) is 0 Å². The number of carbonyl (C=O) groups excluding carboxylic acids is 1. The monoisotopic (exact) mass is 277 g/mol. The minimum absolute atomic E-state index is 0.0970. The van der Waals surface area contributed by atoms with Gasteiger partial charge in [0, 0.05) is 13.1 Å². The highest BCUT2D eigenvalue weighted by molar-refractivity contribution is 5.93. The summed E-state index contributed by atoms with van der Waals surface area (Å²) < 4.78 is 6.42. The zero-order valence-corrected chi connectivity index (χ0v) is 11.1. The van der Waals surface area contributed by atoms with Crippen molar-refractivity contribution in [1.82, 2.24) is 25.0 Å². The van der Waals surface area contributed by atoms with Crippen LogP contribution in [0.25, 0.3) is 0 Å². The Kier molecular flexibility index (Phi) is 3.23. The third kappa shape index (κ3) is 2.18. The molecule has 0 unspecified atom stereocenters. The Morgan fingerprint density at radius 1 is 1.45 bits per heavy atom. The lowest BCUT2D eigenvalue weighted by atomic mass is 10.2. The molecular formula is C12H15N5O3. The van der Waals surface area contributed by atoms with Crippen LogP contribution in [0.3, 0.4) is 0 Å². The van der Waals surface area contributed by atoms with Crippen molar-refractivity contribution >= 4 is 5.91 Å². The number of aliphatic hydroxyl groups excluding tert-OH is 1. The van der Waals surface area contributed by atoms with Crippen molar-refractivity contribution in [2.75, 3.05) is 6.54 Å². The highest BCUT2D eigenvalue weighted by atomic mass is 16.6. The van der Waals surface area contributed by atoms with E-state index in [0.29, 0.717) is 24.5 Å². The molecular weight excluding hydrogens is 262 g/mol. The van der Waals surface area contributed by atoms with Crippen LogP contribution in [-0.2, 0) is 19.7 Å². The van der Waals surface area contributed by atoms with Crippen LogP contribution >= 0.6 is 0 Å². The largest absolute Gasteiger partial charge is 0.390 e. The minimum Gasteiger partial charge on any atom is -0.390 e. The first-order chi connectivity index (χ1) is 9.69. The minimum atomic E-state index is -0.191. The maximum atomic E-state index is 12.4. The third-order valence-corrected chi connectivity index (χ3v) is 3.37. The molecule has 0 aromatic carbocycles. The molecule has 2 aromatic heterocycles. The summed E-state index contributed by atoms with van der Waals surface area (Å²) in [5.74, 6) is -0.191.